The van der Waals surface area contributed by atoms with E-state index in [1.54, 1.807) is 0 Å². The van der Waals surface area contributed by atoms with Crippen LogP contribution in [0.1, 0.15) is 56.2 Å². The Kier molecular flexibility index (Phi) is 2.44. The largest absolute Gasteiger partial charge is 0.339 e. The van der Waals surface area contributed by atoms with Gasteiger partial charge in [0.25, 0.3) is 0 Å². The molecule has 4 heteroatoms. The van der Waals surface area contributed by atoms with E-state index in [0.717, 1.165) is 18.3 Å². The molecule has 0 bridgehead atoms. The highest BCUT2D eigenvalue weighted by Crippen LogP contribution is 2.32. The van der Waals surface area contributed by atoms with Gasteiger partial charge in [-0.15, -0.1) is 0 Å². The highest BCUT2D eigenvalue weighted by molar-refractivity contribution is 4.97. The average molecular weight is 207 g/mol. The normalized spacial score (nSPS) is 22.4. The van der Waals surface area contributed by atoms with Crippen LogP contribution in [0.15, 0.2) is 4.52 Å². The van der Waals surface area contributed by atoms with Gasteiger partial charge in [0.15, 0.2) is 5.82 Å². The van der Waals surface area contributed by atoms with E-state index in [4.69, 9.17) is 4.52 Å². The van der Waals surface area contributed by atoms with Gasteiger partial charge < -0.3 is 9.84 Å². The van der Waals surface area contributed by atoms with Crippen LogP contribution in [0.2, 0.25) is 0 Å². The molecule has 1 aromatic rings. The SMILES string of the molecule is C1CCC(c2nc(CNC3CC3)no2)C1. The maximum absolute atomic E-state index is 5.30. The Hall–Kier alpha value is -0.900. The fourth-order valence-electron chi connectivity index (χ4n) is 2.20. The van der Waals surface area contributed by atoms with E-state index in [1.165, 1.54) is 38.5 Å². The third-order valence-electron chi connectivity index (χ3n) is 3.31. The van der Waals surface area contributed by atoms with Gasteiger partial charge in [-0.05, 0) is 25.7 Å². The van der Waals surface area contributed by atoms with Gasteiger partial charge in [0.05, 0.1) is 6.54 Å². The predicted molar refractivity (Wildman–Crippen MR) is 55.4 cm³/mol. The summed E-state index contributed by atoms with van der Waals surface area (Å²) in [5.74, 6) is 2.22. The lowest BCUT2D eigenvalue weighted by Crippen LogP contribution is -2.16. The maximum atomic E-state index is 5.30. The zero-order chi connectivity index (χ0) is 10.1. The summed E-state index contributed by atoms with van der Waals surface area (Å²) in [6.07, 6.45) is 7.65. The van der Waals surface area contributed by atoms with Crippen molar-refractivity contribution < 1.29 is 4.52 Å². The second-order valence-corrected chi connectivity index (χ2v) is 4.69. The standard InChI is InChI=1S/C11H17N3O/c1-2-4-8(3-1)11-13-10(14-15-11)7-12-9-5-6-9/h8-9,12H,1-7H2. The first-order chi connectivity index (χ1) is 7.42. The summed E-state index contributed by atoms with van der Waals surface area (Å²) in [5, 5.41) is 7.40. The summed E-state index contributed by atoms with van der Waals surface area (Å²) in [4.78, 5) is 4.45. The van der Waals surface area contributed by atoms with Crippen LogP contribution >= 0.6 is 0 Å². The minimum atomic E-state index is 0.534. The van der Waals surface area contributed by atoms with E-state index in [0.29, 0.717) is 12.0 Å². The average Bonchev–Trinajstić information content (AvgIpc) is 2.78. The molecule has 2 fully saturated rings. The second kappa shape index (κ2) is 3.93. The molecule has 0 saturated heterocycles. The smallest absolute Gasteiger partial charge is 0.229 e. The zero-order valence-corrected chi connectivity index (χ0v) is 8.91. The van der Waals surface area contributed by atoms with Crippen LogP contribution in [-0.2, 0) is 6.54 Å². The van der Waals surface area contributed by atoms with Crippen molar-refractivity contribution in [3.05, 3.63) is 11.7 Å². The Morgan fingerprint density at radius 3 is 2.73 bits per heavy atom. The van der Waals surface area contributed by atoms with Crippen LogP contribution in [0.4, 0.5) is 0 Å². The van der Waals surface area contributed by atoms with Crippen molar-refractivity contribution in [3.8, 4) is 0 Å². The summed E-state index contributed by atoms with van der Waals surface area (Å²) in [7, 11) is 0. The molecule has 15 heavy (non-hydrogen) atoms. The van der Waals surface area contributed by atoms with Crippen molar-refractivity contribution in [3.63, 3.8) is 0 Å². The van der Waals surface area contributed by atoms with E-state index in [1.807, 2.05) is 0 Å². The topological polar surface area (TPSA) is 51.0 Å². The molecule has 1 heterocycles. The molecular formula is C11H17N3O. The number of nitrogens with zero attached hydrogens (tertiary/aromatic N) is 2. The molecule has 0 aromatic carbocycles. The molecule has 3 rings (SSSR count). The molecule has 1 aromatic heterocycles. The molecule has 0 aliphatic heterocycles. The maximum Gasteiger partial charge on any atom is 0.229 e. The molecule has 0 spiro atoms. The van der Waals surface area contributed by atoms with Crippen molar-refractivity contribution in [1.82, 2.24) is 15.5 Å². The molecule has 0 amide bonds. The highest BCUT2D eigenvalue weighted by atomic mass is 16.5. The van der Waals surface area contributed by atoms with Crippen LogP contribution in [0.3, 0.4) is 0 Å². The van der Waals surface area contributed by atoms with Gasteiger partial charge in [-0.1, -0.05) is 18.0 Å². The van der Waals surface area contributed by atoms with Gasteiger partial charge in [-0.25, -0.2) is 0 Å². The van der Waals surface area contributed by atoms with Gasteiger partial charge in [0.2, 0.25) is 5.89 Å². The minimum absolute atomic E-state index is 0.534. The number of hydrogen-bond donors (Lipinski definition) is 1. The molecule has 82 valence electrons. The fraction of sp³-hybridized carbons (Fsp3) is 0.818. The second-order valence-electron chi connectivity index (χ2n) is 4.69. The molecule has 0 atom stereocenters. The quantitative estimate of drug-likeness (QED) is 0.820. The monoisotopic (exact) mass is 207 g/mol. The van der Waals surface area contributed by atoms with Crippen molar-refractivity contribution in [1.29, 1.82) is 0 Å². The summed E-state index contributed by atoms with van der Waals surface area (Å²) >= 11 is 0. The lowest BCUT2D eigenvalue weighted by atomic mass is 10.1. The van der Waals surface area contributed by atoms with Crippen LogP contribution in [0.5, 0.6) is 0 Å². The molecule has 0 unspecified atom stereocenters. The molecule has 4 nitrogen and oxygen atoms in total. The Morgan fingerprint density at radius 1 is 1.20 bits per heavy atom. The van der Waals surface area contributed by atoms with Crippen LogP contribution in [0.25, 0.3) is 0 Å². The van der Waals surface area contributed by atoms with Crippen molar-refractivity contribution in [2.24, 2.45) is 0 Å². The summed E-state index contributed by atoms with van der Waals surface area (Å²) in [5.41, 5.74) is 0. The van der Waals surface area contributed by atoms with Crippen molar-refractivity contribution in [2.45, 2.75) is 57.0 Å². The van der Waals surface area contributed by atoms with Crippen molar-refractivity contribution >= 4 is 0 Å². The Bertz CT molecular complexity index is 326. The summed E-state index contributed by atoms with van der Waals surface area (Å²) in [6.45, 7) is 0.765. The molecular weight excluding hydrogens is 190 g/mol. The van der Waals surface area contributed by atoms with Gasteiger partial charge in [0, 0.05) is 12.0 Å². The highest BCUT2D eigenvalue weighted by Gasteiger charge is 2.24. The fourth-order valence-corrected chi connectivity index (χ4v) is 2.20. The van der Waals surface area contributed by atoms with E-state index in [2.05, 4.69) is 15.5 Å². The predicted octanol–water partition coefficient (Wildman–Crippen LogP) is 1.98. The summed E-state index contributed by atoms with van der Waals surface area (Å²) < 4.78 is 5.30. The first-order valence-corrected chi connectivity index (χ1v) is 5.97. The Morgan fingerprint density at radius 2 is 2.00 bits per heavy atom. The molecule has 1 N–H and O–H groups in total. The first-order valence-electron chi connectivity index (χ1n) is 5.97. The number of rotatable bonds is 4. The van der Waals surface area contributed by atoms with E-state index in [9.17, 15) is 0 Å². The van der Waals surface area contributed by atoms with Gasteiger partial charge >= 0.3 is 0 Å². The first kappa shape index (κ1) is 9.33. The van der Waals surface area contributed by atoms with Gasteiger partial charge in [0.1, 0.15) is 0 Å². The van der Waals surface area contributed by atoms with Crippen molar-refractivity contribution in [2.75, 3.05) is 0 Å². The summed E-state index contributed by atoms with van der Waals surface area (Å²) in [6, 6.07) is 0.707. The van der Waals surface area contributed by atoms with E-state index >= 15 is 0 Å². The third-order valence-corrected chi connectivity index (χ3v) is 3.31. The van der Waals surface area contributed by atoms with Crippen LogP contribution < -0.4 is 5.32 Å². The lowest BCUT2D eigenvalue weighted by molar-refractivity contribution is 0.349. The Labute approximate surface area is 89.4 Å². The minimum Gasteiger partial charge on any atom is -0.339 e. The lowest BCUT2D eigenvalue weighted by Gasteiger charge is -1.99. The number of hydrogen-bond acceptors (Lipinski definition) is 4. The molecule has 0 radical (unpaired) electrons. The Balaban J connectivity index is 1.59. The molecule has 2 aliphatic rings. The molecule has 2 saturated carbocycles. The van der Waals surface area contributed by atoms with E-state index in [-0.39, 0.29) is 0 Å². The van der Waals surface area contributed by atoms with Crippen LogP contribution in [0, 0.1) is 0 Å². The number of nitrogens with one attached hydrogen (secondary N) is 1. The van der Waals surface area contributed by atoms with Gasteiger partial charge in [-0.3, -0.25) is 0 Å². The van der Waals surface area contributed by atoms with E-state index < -0.39 is 0 Å². The molecule has 2 aliphatic carbocycles. The zero-order valence-electron chi connectivity index (χ0n) is 8.91. The third kappa shape index (κ3) is 2.20. The van der Waals surface area contributed by atoms with Gasteiger partial charge in [-0.2, -0.15) is 4.98 Å². The number of aromatic nitrogens is 2. The van der Waals surface area contributed by atoms with Crippen LogP contribution in [-0.4, -0.2) is 16.2 Å².